The molecule has 1 saturated carbocycles. The largest absolute Gasteiger partial charge is 0.394 e. The zero-order valence-corrected chi connectivity index (χ0v) is 15.9. The molecule has 0 radical (unpaired) electrons. The van der Waals surface area contributed by atoms with Crippen molar-refractivity contribution >= 4 is 17.0 Å². The molecule has 4 heterocycles. The lowest BCUT2D eigenvalue weighted by Crippen LogP contribution is -2.31. The minimum absolute atomic E-state index is 0.0403. The van der Waals surface area contributed by atoms with Crippen LogP contribution in [-0.4, -0.2) is 72.6 Å². The molecule has 0 bridgehead atoms. The van der Waals surface area contributed by atoms with Crippen molar-refractivity contribution in [1.82, 2.24) is 19.5 Å². The summed E-state index contributed by atoms with van der Waals surface area (Å²) in [4.78, 5) is 13.2. The first-order chi connectivity index (χ1) is 13.5. The molecule has 2 aromatic rings. The normalized spacial score (nSPS) is 36.9. The third-order valence-electron chi connectivity index (χ3n) is 5.74. The molecule has 1 aliphatic carbocycles. The topological polar surface area (TPSA) is 124 Å². The van der Waals surface area contributed by atoms with Crippen LogP contribution in [0.2, 0.25) is 0 Å². The number of rotatable bonds is 4. The van der Waals surface area contributed by atoms with Gasteiger partial charge in [0.1, 0.15) is 24.6 Å². The second-order valence-electron chi connectivity index (χ2n) is 8.11. The number of aromatic nitrogens is 4. The van der Waals surface area contributed by atoms with E-state index in [1.165, 1.54) is 6.33 Å². The van der Waals surface area contributed by atoms with Gasteiger partial charge in [-0.25, -0.2) is 15.0 Å². The fraction of sp³-hybridized carbons (Fsp3) is 0.722. The zero-order chi connectivity index (χ0) is 19.5. The molecule has 5 rings (SSSR count). The van der Waals surface area contributed by atoms with Gasteiger partial charge in [0.2, 0.25) is 0 Å². The average molecular weight is 391 g/mol. The Morgan fingerprint density at radius 2 is 2.04 bits per heavy atom. The van der Waals surface area contributed by atoms with Crippen molar-refractivity contribution < 1.29 is 24.4 Å². The molecule has 2 saturated heterocycles. The first kappa shape index (κ1) is 18.2. The third kappa shape index (κ3) is 2.87. The lowest BCUT2D eigenvalue weighted by Gasteiger charge is -2.24. The summed E-state index contributed by atoms with van der Waals surface area (Å²) in [6.07, 6.45) is 3.63. The van der Waals surface area contributed by atoms with Gasteiger partial charge >= 0.3 is 0 Å². The predicted octanol–water partition coefficient (Wildman–Crippen LogP) is 0.561. The number of hydrogen-bond donors (Lipinski definition) is 3. The van der Waals surface area contributed by atoms with Gasteiger partial charge in [-0.3, -0.25) is 4.57 Å². The summed E-state index contributed by atoms with van der Waals surface area (Å²) in [5, 5.41) is 23.1. The van der Waals surface area contributed by atoms with E-state index in [1.807, 2.05) is 13.8 Å². The molecule has 0 spiro atoms. The van der Waals surface area contributed by atoms with Gasteiger partial charge < -0.3 is 29.7 Å². The minimum Gasteiger partial charge on any atom is -0.394 e. The molecular weight excluding hydrogens is 366 g/mol. The van der Waals surface area contributed by atoms with Gasteiger partial charge in [-0.05, 0) is 33.1 Å². The lowest BCUT2D eigenvalue weighted by molar-refractivity contribution is -0.199. The van der Waals surface area contributed by atoms with Crippen molar-refractivity contribution in [3.8, 4) is 0 Å². The van der Waals surface area contributed by atoms with E-state index in [9.17, 15) is 10.2 Å². The third-order valence-corrected chi connectivity index (χ3v) is 5.74. The number of aliphatic hydroxyl groups is 2. The Hall–Kier alpha value is -1.85. The average Bonchev–Trinajstić information content (AvgIpc) is 3.39. The van der Waals surface area contributed by atoms with Crippen LogP contribution in [0.3, 0.4) is 0 Å². The highest BCUT2D eigenvalue weighted by Crippen LogP contribution is 2.43. The predicted molar refractivity (Wildman–Crippen MR) is 97.4 cm³/mol. The van der Waals surface area contributed by atoms with Crippen LogP contribution in [0.25, 0.3) is 11.2 Å². The van der Waals surface area contributed by atoms with Crippen molar-refractivity contribution in [2.24, 2.45) is 0 Å². The van der Waals surface area contributed by atoms with E-state index in [1.54, 1.807) is 10.9 Å². The molecule has 0 aromatic carbocycles. The molecule has 10 heteroatoms. The van der Waals surface area contributed by atoms with E-state index in [4.69, 9.17) is 14.2 Å². The Bertz CT molecular complexity index is 873. The maximum absolute atomic E-state index is 10.1. The summed E-state index contributed by atoms with van der Waals surface area (Å²) in [7, 11) is 0. The Kier molecular flexibility index (Phi) is 4.29. The maximum Gasteiger partial charge on any atom is 0.167 e. The minimum atomic E-state index is -0.749. The molecule has 28 heavy (non-hydrogen) atoms. The molecule has 6 atom stereocenters. The number of hydrogen-bond acceptors (Lipinski definition) is 9. The standard InChI is InChI=1S/C18H25N5O5/c1-18(2)27-13-11(6-24)26-17(14(13)28-18)23-8-21-12-15(19-7-20-16(12)23)22-9-4-3-5-10(9)25/h7-11,13-14,17,24-25H,3-6H2,1-2H3,(H,19,20,22)/t9-,10+,11+,13+,14+,17+/m0/s1. The molecule has 2 aromatic heterocycles. The molecule has 2 aliphatic heterocycles. The molecule has 152 valence electrons. The molecule has 3 fully saturated rings. The number of aliphatic hydroxyl groups excluding tert-OH is 2. The van der Waals surface area contributed by atoms with Crippen LogP contribution in [0.1, 0.15) is 39.3 Å². The van der Waals surface area contributed by atoms with Gasteiger partial charge in [-0.1, -0.05) is 0 Å². The smallest absolute Gasteiger partial charge is 0.167 e. The monoisotopic (exact) mass is 391 g/mol. The van der Waals surface area contributed by atoms with Crippen molar-refractivity contribution in [3.63, 3.8) is 0 Å². The maximum atomic E-state index is 10.1. The first-order valence-corrected chi connectivity index (χ1v) is 9.71. The Labute approximate surface area is 161 Å². The van der Waals surface area contributed by atoms with Gasteiger partial charge in [0.05, 0.1) is 25.1 Å². The molecule has 3 aliphatic rings. The summed E-state index contributed by atoms with van der Waals surface area (Å²) in [5.74, 6) is -0.159. The van der Waals surface area contributed by atoms with Crippen LogP contribution in [-0.2, 0) is 14.2 Å². The molecule has 0 unspecified atom stereocenters. The van der Waals surface area contributed by atoms with E-state index >= 15 is 0 Å². The summed E-state index contributed by atoms with van der Waals surface area (Å²) >= 11 is 0. The Morgan fingerprint density at radius 3 is 2.79 bits per heavy atom. The van der Waals surface area contributed by atoms with E-state index in [0.29, 0.717) is 17.0 Å². The number of anilines is 1. The van der Waals surface area contributed by atoms with Gasteiger partial charge in [0, 0.05) is 0 Å². The highest BCUT2D eigenvalue weighted by atomic mass is 16.8. The van der Waals surface area contributed by atoms with Crippen LogP contribution in [0.15, 0.2) is 12.7 Å². The van der Waals surface area contributed by atoms with Crippen LogP contribution in [0.5, 0.6) is 0 Å². The van der Waals surface area contributed by atoms with E-state index in [-0.39, 0.29) is 31.0 Å². The van der Waals surface area contributed by atoms with Gasteiger partial charge in [0.15, 0.2) is 29.0 Å². The summed E-state index contributed by atoms with van der Waals surface area (Å²) in [6.45, 7) is 3.53. The molecule has 0 amide bonds. The van der Waals surface area contributed by atoms with Gasteiger partial charge in [0.25, 0.3) is 0 Å². The highest BCUT2D eigenvalue weighted by molar-refractivity contribution is 5.82. The molecular formula is C18H25N5O5. The van der Waals surface area contributed by atoms with Crippen LogP contribution < -0.4 is 5.32 Å². The SMILES string of the molecule is CC1(C)O[C@@H]2[C@H](O1)[C@@H](CO)O[C@H]2n1cnc2c(N[C@H]3CCC[C@H]3O)ncnc21. The van der Waals surface area contributed by atoms with Crippen molar-refractivity contribution in [2.75, 3.05) is 11.9 Å². The van der Waals surface area contributed by atoms with E-state index in [2.05, 4.69) is 20.3 Å². The van der Waals surface area contributed by atoms with E-state index in [0.717, 1.165) is 19.3 Å². The fourth-order valence-corrected chi connectivity index (χ4v) is 4.46. The van der Waals surface area contributed by atoms with Crippen LogP contribution >= 0.6 is 0 Å². The van der Waals surface area contributed by atoms with Crippen LogP contribution in [0.4, 0.5) is 5.82 Å². The Balaban J connectivity index is 1.48. The summed E-state index contributed by atoms with van der Waals surface area (Å²) < 4.78 is 19.8. The lowest BCUT2D eigenvalue weighted by atomic mass is 10.1. The number of nitrogens with zero attached hydrogens (tertiary/aromatic N) is 4. The highest BCUT2D eigenvalue weighted by Gasteiger charge is 2.56. The number of nitrogens with one attached hydrogen (secondary N) is 1. The quantitative estimate of drug-likeness (QED) is 0.686. The number of fused-ring (bicyclic) bond motifs is 2. The second kappa shape index (κ2) is 6.60. The first-order valence-electron chi connectivity index (χ1n) is 9.71. The van der Waals surface area contributed by atoms with E-state index < -0.39 is 18.1 Å². The molecule has 10 nitrogen and oxygen atoms in total. The van der Waals surface area contributed by atoms with Crippen molar-refractivity contribution in [1.29, 1.82) is 0 Å². The van der Waals surface area contributed by atoms with Gasteiger partial charge in [-0.2, -0.15) is 0 Å². The molecule has 3 N–H and O–H groups in total. The number of imidazole rings is 1. The fourth-order valence-electron chi connectivity index (χ4n) is 4.46. The zero-order valence-electron chi connectivity index (χ0n) is 15.9. The Morgan fingerprint density at radius 1 is 1.21 bits per heavy atom. The second-order valence-corrected chi connectivity index (χ2v) is 8.11. The van der Waals surface area contributed by atoms with Crippen molar-refractivity contribution in [2.45, 2.75) is 75.6 Å². The number of ether oxygens (including phenoxy) is 3. The summed E-state index contributed by atoms with van der Waals surface area (Å²) in [5.41, 5.74) is 1.20. The summed E-state index contributed by atoms with van der Waals surface area (Å²) in [6, 6.07) is -0.0403. The van der Waals surface area contributed by atoms with Crippen molar-refractivity contribution in [3.05, 3.63) is 12.7 Å². The van der Waals surface area contributed by atoms with Gasteiger partial charge in [-0.15, -0.1) is 0 Å². The van der Waals surface area contributed by atoms with Crippen LogP contribution in [0, 0.1) is 0 Å².